The van der Waals surface area contributed by atoms with Gasteiger partial charge < -0.3 is 14.8 Å². The summed E-state index contributed by atoms with van der Waals surface area (Å²) in [5.74, 6) is 0.205. The molecule has 0 saturated heterocycles. The Balaban J connectivity index is 2.62. The SMILES string of the molecule is CCC(NC(CNC(=O)OC(C)(C)C)C1CCCC1)C(=O)OC. The van der Waals surface area contributed by atoms with Gasteiger partial charge in [-0.1, -0.05) is 19.8 Å². The second-order valence-corrected chi connectivity index (χ2v) is 7.18. The fourth-order valence-electron chi connectivity index (χ4n) is 2.98. The topological polar surface area (TPSA) is 76.7 Å². The highest BCUT2D eigenvalue weighted by Crippen LogP contribution is 2.28. The Kier molecular flexibility index (Phi) is 7.82. The molecule has 0 radical (unpaired) electrons. The van der Waals surface area contributed by atoms with E-state index in [0.29, 0.717) is 18.9 Å². The number of esters is 1. The van der Waals surface area contributed by atoms with E-state index >= 15 is 0 Å². The summed E-state index contributed by atoms with van der Waals surface area (Å²) >= 11 is 0. The molecule has 0 aliphatic heterocycles. The number of amides is 1. The molecule has 134 valence electrons. The van der Waals surface area contributed by atoms with E-state index in [2.05, 4.69) is 10.6 Å². The van der Waals surface area contributed by atoms with Gasteiger partial charge >= 0.3 is 12.1 Å². The first kappa shape index (κ1) is 19.7. The van der Waals surface area contributed by atoms with Crippen molar-refractivity contribution in [3.63, 3.8) is 0 Å². The largest absolute Gasteiger partial charge is 0.468 e. The molecule has 2 unspecified atom stereocenters. The van der Waals surface area contributed by atoms with Crippen LogP contribution in [-0.2, 0) is 14.3 Å². The first-order valence-corrected chi connectivity index (χ1v) is 8.57. The number of ether oxygens (including phenoxy) is 2. The van der Waals surface area contributed by atoms with Crippen LogP contribution in [0.15, 0.2) is 0 Å². The van der Waals surface area contributed by atoms with Gasteiger partial charge in [0.25, 0.3) is 0 Å². The van der Waals surface area contributed by atoms with E-state index in [-0.39, 0.29) is 18.1 Å². The number of carbonyl (C=O) groups excluding carboxylic acids is 2. The lowest BCUT2D eigenvalue weighted by Crippen LogP contribution is -2.52. The minimum Gasteiger partial charge on any atom is -0.468 e. The zero-order valence-electron chi connectivity index (χ0n) is 15.1. The lowest BCUT2D eigenvalue weighted by Gasteiger charge is -2.29. The Labute approximate surface area is 139 Å². The Morgan fingerprint density at radius 1 is 1.22 bits per heavy atom. The van der Waals surface area contributed by atoms with Crippen LogP contribution in [0.25, 0.3) is 0 Å². The lowest BCUT2D eigenvalue weighted by atomic mass is 9.96. The van der Waals surface area contributed by atoms with E-state index in [1.165, 1.54) is 20.0 Å². The van der Waals surface area contributed by atoms with Crippen LogP contribution in [0.3, 0.4) is 0 Å². The molecular weight excluding hydrogens is 296 g/mol. The average molecular weight is 328 g/mol. The third-order valence-electron chi connectivity index (χ3n) is 4.14. The third-order valence-corrected chi connectivity index (χ3v) is 4.14. The van der Waals surface area contributed by atoms with Gasteiger partial charge in [-0.15, -0.1) is 0 Å². The zero-order chi connectivity index (χ0) is 17.5. The van der Waals surface area contributed by atoms with Crippen LogP contribution < -0.4 is 10.6 Å². The van der Waals surface area contributed by atoms with Gasteiger partial charge in [0.15, 0.2) is 0 Å². The van der Waals surface area contributed by atoms with E-state index in [0.717, 1.165) is 12.8 Å². The van der Waals surface area contributed by atoms with Gasteiger partial charge in [0, 0.05) is 12.6 Å². The Morgan fingerprint density at radius 2 is 1.83 bits per heavy atom. The fourth-order valence-corrected chi connectivity index (χ4v) is 2.98. The predicted octanol–water partition coefficient (Wildman–Crippen LogP) is 2.61. The second-order valence-electron chi connectivity index (χ2n) is 7.18. The first-order valence-electron chi connectivity index (χ1n) is 8.57. The number of hydrogen-bond donors (Lipinski definition) is 2. The standard InChI is InChI=1S/C17H32N2O4/c1-6-13(15(20)22-5)19-14(12-9-7-8-10-12)11-18-16(21)23-17(2,3)4/h12-14,19H,6-11H2,1-5H3,(H,18,21). The molecule has 1 amide bonds. The van der Waals surface area contributed by atoms with Crippen molar-refractivity contribution in [3.8, 4) is 0 Å². The maximum atomic E-state index is 11.9. The summed E-state index contributed by atoms with van der Waals surface area (Å²) in [5.41, 5.74) is -0.516. The van der Waals surface area contributed by atoms with E-state index in [1.54, 1.807) is 0 Å². The highest BCUT2D eigenvalue weighted by Gasteiger charge is 2.30. The van der Waals surface area contributed by atoms with Crippen molar-refractivity contribution in [1.82, 2.24) is 10.6 Å². The van der Waals surface area contributed by atoms with Crippen molar-refractivity contribution in [1.29, 1.82) is 0 Å². The van der Waals surface area contributed by atoms with Gasteiger partial charge in [0.1, 0.15) is 11.6 Å². The molecule has 1 aliphatic rings. The fraction of sp³-hybridized carbons (Fsp3) is 0.882. The van der Waals surface area contributed by atoms with Crippen LogP contribution in [0, 0.1) is 5.92 Å². The summed E-state index contributed by atoms with van der Waals surface area (Å²) in [6, 6.07) is -0.292. The summed E-state index contributed by atoms with van der Waals surface area (Å²) in [4.78, 5) is 23.7. The van der Waals surface area contributed by atoms with Gasteiger partial charge in [-0.25, -0.2) is 4.79 Å². The molecule has 6 heteroatoms. The first-order chi connectivity index (χ1) is 10.8. The number of nitrogens with one attached hydrogen (secondary N) is 2. The van der Waals surface area contributed by atoms with Crippen LogP contribution in [0.2, 0.25) is 0 Å². The summed E-state index contributed by atoms with van der Waals surface area (Å²) in [6.45, 7) is 7.91. The van der Waals surface area contributed by atoms with Gasteiger partial charge in [0.2, 0.25) is 0 Å². The summed E-state index contributed by atoms with van der Waals surface area (Å²) in [7, 11) is 1.40. The smallest absolute Gasteiger partial charge is 0.407 e. The van der Waals surface area contributed by atoms with Crippen molar-refractivity contribution < 1.29 is 19.1 Å². The Hall–Kier alpha value is -1.30. The molecule has 0 aromatic heterocycles. The predicted molar refractivity (Wildman–Crippen MR) is 89.2 cm³/mol. The molecule has 1 rings (SSSR count). The maximum Gasteiger partial charge on any atom is 0.407 e. The number of rotatable bonds is 7. The molecule has 1 fully saturated rings. The van der Waals surface area contributed by atoms with Gasteiger partial charge in [0.05, 0.1) is 7.11 Å². The Bertz CT molecular complexity index is 387. The van der Waals surface area contributed by atoms with Crippen LogP contribution in [0.5, 0.6) is 0 Å². The minimum absolute atomic E-state index is 0.0501. The molecule has 0 bridgehead atoms. The molecule has 1 saturated carbocycles. The highest BCUT2D eigenvalue weighted by atomic mass is 16.6. The zero-order valence-corrected chi connectivity index (χ0v) is 15.1. The van der Waals surface area contributed by atoms with Crippen molar-refractivity contribution in [3.05, 3.63) is 0 Å². The van der Waals surface area contributed by atoms with Gasteiger partial charge in [-0.2, -0.15) is 0 Å². The summed E-state index contributed by atoms with van der Waals surface area (Å²) in [5, 5.41) is 6.20. The Morgan fingerprint density at radius 3 is 2.30 bits per heavy atom. The molecule has 6 nitrogen and oxygen atoms in total. The highest BCUT2D eigenvalue weighted by molar-refractivity contribution is 5.75. The summed E-state index contributed by atoms with van der Waals surface area (Å²) < 4.78 is 10.1. The number of carbonyl (C=O) groups is 2. The van der Waals surface area contributed by atoms with Gasteiger partial charge in [-0.05, 0) is 46.0 Å². The van der Waals surface area contributed by atoms with Crippen molar-refractivity contribution >= 4 is 12.1 Å². The van der Waals surface area contributed by atoms with Crippen LogP contribution >= 0.6 is 0 Å². The average Bonchev–Trinajstić information content (AvgIpc) is 2.99. The number of methoxy groups -OCH3 is 1. The molecule has 0 spiro atoms. The molecule has 0 aromatic carbocycles. The van der Waals surface area contributed by atoms with E-state index in [4.69, 9.17) is 9.47 Å². The van der Waals surface area contributed by atoms with E-state index in [1.807, 2.05) is 27.7 Å². The number of hydrogen-bond acceptors (Lipinski definition) is 5. The van der Waals surface area contributed by atoms with Crippen molar-refractivity contribution in [2.75, 3.05) is 13.7 Å². The number of alkyl carbamates (subject to hydrolysis) is 1. The molecule has 2 atom stereocenters. The summed E-state index contributed by atoms with van der Waals surface area (Å²) in [6.07, 6.45) is 4.86. The third kappa shape index (κ3) is 7.20. The van der Waals surface area contributed by atoms with Crippen LogP contribution in [0.4, 0.5) is 4.79 Å². The van der Waals surface area contributed by atoms with Crippen LogP contribution in [-0.4, -0.2) is 43.4 Å². The van der Waals surface area contributed by atoms with Crippen molar-refractivity contribution in [2.45, 2.75) is 77.5 Å². The lowest BCUT2D eigenvalue weighted by molar-refractivity contribution is -0.143. The van der Waals surface area contributed by atoms with Gasteiger partial charge in [-0.3, -0.25) is 10.1 Å². The molecular formula is C17H32N2O4. The maximum absolute atomic E-state index is 11.9. The minimum atomic E-state index is -0.516. The van der Waals surface area contributed by atoms with Crippen LogP contribution in [0.1, 0.15) is 59.8 Å². The molecule has 0 heterocycles. The molecule has 1 aliphatic carbocycles. The van der Waals surface area contributed by atoms with Crippen molar-refractivity contribution in [2.24, 2.45) is 5.92 Å². The monoisotopic (exact) mass is 328 g/mol. The second kappa shape index (κ2) is 9.11. The molecule has 2 N–H and O–H groups in total. The molecule has 23 heavy (non-hydrogen) atoms. The normalized spacial score (nSPS) is 18.3. The quantitative estimate of drug-likeness (QED) is 0.703. The van der Waals surface area contributed by atoms with E-state index < -0.39 is 11.7 Å². The molecule has 0 aromatic rings. The van der Waals surface area contributed by atoms with E-state index in [9.17, 15) is 9.59 Å².